The second-order valence-electron chi connectivity index (χ2n) is 13.3. The lowest BCUT2D eigenvalue weighted by Gasteiger charge is -2.66. The second-order valence-corrected chi connectivity index (χ2v) is 13.3. The fourth-order valence-corrected chi connectivity index (χ4v) is 9.22. The Bertz CT molecular complexity index is 854. The summed E-state index contributed by atoms with van der Waals surface area (Å²) in [5, 5.41) is 33.3. The van der Waals surface area contributed by atoms with Crippen molar-refractivity contribution in [1.29, 1.82) is 0 Å². The summed E-state index contributed by atoms with van der Waals surface area (Å²) >= 11 is 0. The molecule has 3 N–H and O–H groups in total. The van der Waals surface area contributed by atoms with Crippen LogP contribution in [0.5, 0.6) is 0 Å². The zero-order valence-electron chi connectivity index (χ0n) is 21.8. The van der Waals surface area contributed by atoms with E-state index in [-0.39, 0.29) is 28.6 Å². The van der Waals surface area contributed by atoms with Gasteiger partial charge in [-0.05, 0) is 81.0 Å². The highest BCUT2D eigenvalue weighted by atomic mass is 16.3. The van der Waals surface area contributed by atoms with Gasteiger partial charge in [0.1, 0.15) is 6.29 Å². The Balaban J connectivity index is 1.78. The molecule has 3 fully saturated rings. The van der Waals surface area contributed by atoms with Crippen molar-refractivity contribution in [3.63, 3.8) is 0 Å². The average Bonchev–Trinajstić information content (AvgIpc) is 3.01. The first kappa shape index (κ1) is 25.1. The van der Waals surface area contributed by atoms with E-state index in [4.69, 9.17) is 0 Å². The van der Waals surface area contributed by atoms with E-state index in [1.54, 1.807) is 0 Å². The summed E-state index contributed by atoms with van der Waals surface area (Å²) in [7, 11) is 0. The van der Waals surface area contributed by atoms with Crippen molar-refractivity contribution in [2.75, 3.05) is 0 Å². The summed E-state index contributed by atoms with van der Waals surface area (Å²) in [5.74, 6) is 0.445. The van der Waals surface area contributed by atoms with Gasteiger partial charge in [-0.15, -0.1) is 0 Å². The molecule has 0 heterocycles. The molecule has 0 saturated heterocycles. The first-order valence-corrected chi connectivity index (χ1v) is 13.1. The molecule has 0 aliphatic heterocycles. The molecule has 0 unspecified atom stereocenters. The fourth-order valence-electron chi connectivity index (χ4n) is 9.22. The Hall–Kier alpha value is -0.970. The van der Waals surface area contributed by atoms with Crippen LogP contribution in [0.1, 0.15) is 87.0 Å². The zero-order chi connectivity index (χ0) is 24.6. The van der Waals surface area contributed by atoms with Crippen molar-refractivity contribution in [2.45, 2.75) is 105 Å². The number of carbonyl (C=O) groups excluding carboxylic acids is 1. The smallest absolute Gasteiger partial charge is 0.127 e. The molecule has 0 spiro atoms. The summed E-state index contributed by atoms with van der Waals surface area (Å²) in [5.41, 5.74) is 0.991. The minimum Gasteiger partial charge on any atom is -0.392 e. The third-order valence-electron chi connectivity index (χ3n) is 11.4. The molecule has 10 atom stereocenters. The lowest BCUT2D eigenvalue weighted by Crippen LogP contribution is -2.64. The largest absolute Gasteiger partial charge is 0.392 e. The minimum absolute atomic E-state index is 0.0456. The molecule has 4 rings (SSSR count). The standard InChI is InChI=1S/C29H46O4/c1-17(2)14-22(31)18(3)19-10-11-28(7)25-23(32)15-21-20(8-9-24(33)26(21,4)5)29(25,16-30)13-12-27(19,28)6/h14-16,18-20,22-25,31-33H,8-13H2,1-7H3/t18-,19+,20+,22-,23-,24-,25-,27+,28-,29+/m0/s1. The lowest BCUT2D eigenvalue weighted by atomic mass is 9.38. The third-order valence-corrected chi connectivity index (χ3v) is 11.4. The van der Waals surface area contributed by atoms with Gasteiger partial charge in [-0.3, -0.25) is 0 Å². The summed E-state index contributed by atoms with van der Waals surface area (Å²) < 4.78 is 0. The van der Waals surface area contributed by atoms with Gasteiger partial charge in [-0.2, -0.15) is 0 Å². The maximum absolute atomic E-state index is 13.0. The molecule has 4 aliphatic rings. The number of fused-ring (bicyclic) bond motifs is 5. The predicted molar refractivity (Wildman–Crippen MR) is 131 cm³/mol. The third kappa shape index (κ3) is 3.30. The number of allylic oxidation sites excluding steroid dienone is 1. The second kappa shape index (κ2) is 8.03. The van der Waals surface area contributed by atoms with Crippen molar-refractivity contribution < 1.29 is 20.1 Å². The number of aldehydes is 1. The van der Waals surface area contributed by atoms with Crippen LogP contribution < -0.4 is 0 Å². The maximum atomic E-state index is 13.0. The van der Waals surface area contributed by atoms with Crippen molar-refractivity contribution in [3.05, 3.63) is 23.3 Å². The SMILES string of the molecule is CC(C)=C[C@H](O)[C@@H](C)[C@H]1CC[C@@]2(C)[C@@H]3[C@@H](O)C=C4[C@@H](CC[C@H](O)C4(C)C)[C@]3(C=O)CC[C@]12C. The van der Waals surface area contributed by atoms with Crippen molar-refractivity contribution in [3.8, 4) is 0 Å². The van der Waals surface area contributed by atoms with E-state index < -0.39 is 29.1 Å². The van der Waals surface area contributed by atoms with E-state index >= 15 is 0 Å². The number of hydrogen-bond donors (Lipinski definition) is 3. The average molecular weight is 459 g/mol. The molecule has 4 aliphatic carbocycles. The molecular formula is C29H46O4. The van der Waals surface area contributed by atoms with Crippen LogP contribution in [-0.2, 0) is 4.79 Å². The van der Waals surface area contributed by atoms with E-state index in [0.717, 1.165) is 43.3 Å². The van der Waals surface area contributed by atoms with Crippen molar-refractivity contribution in [1.82, 2.24) is 0 Å². The molecule has 3 saturated carbocycles. The minimum atomic E-state index is -0.688. The quantitative estimate of drug-likeness (QED) is 0.406. The molecule has 0 bridgehead atoms. The molecule has 0 aromatic heterocycles. The molecule has 0 aromatic carbocycles. The van der Waals surface area contributed by atoms with Crippen LogP contribution in [0.15, 0.2) is 23.3 Å². The lowest BCUT2D eigenvalue weighted by molar-refractivity contribution is -0.184. The van der Waals surface area contributed by atoms with Gasteiger partial charge >= 0.3 is 0 Å². The van der Waals surface area contributed by atoms with Gasteiger partial charge in [0.25, 0.3) is 0 Å². The van der Waals surface area contributed by atoms with Crippen LogP contribution in [-0.4, -0.2) is 39.9 Å². The van der Waals surface area contributed by atoms with Gasteiger partial charge in [-0.1, -0.05) is 57.9 Å². The number of aliphatic hydroxyl groups is 3. The Morgan fingerprint density at radius 3 is 2.30 bits per heavy atom. The molecule has 0 amide bonds. The Kier molecular flexibility index (Phi) is 6.12. The van der Waals surface area contributed by atoms with Gasteiger partial charge < -0.3 is 20.1 Å². The summed E-state index contributed by atoms with van der Waals surface area (Å²) in [6.45, 7) is 15.0. The van der Waals surface area contributed by atoms with Gasteiger partial charge in [0.2, 0.25) is 0 Å². The van der Waals surface area contributed by atoms with Gasteiger partial charge in [0.15, 0.2) is 0 Å². The van der Waals surface area contributed by atoms with Crippen molar-refractivity contribution >= 4 is 6.29 Å². The van der Waals surface area contributed by atoms with Crippen LogP contribution in [0.4, 0.5) is 0 Å². The summed E-state index contributed by atoms with van der Waals surface area (Å²) in [6, 6.07) is 0. The van der Waals surface area contributed by atoms with E-state index in [1.165, 1.54) is 6.29 Å². The summed E-state index contributed by atoms with van der Waals surface area (Å²) in [4.78, 5) is 13.0. The monoisotopic (exact) mass is 458 g/mol. The molecule has 0 aromatic rings. The van der Waals surface area contributed by atoms with Crippen molar-refractivity contribution in [2.24, 2.45) is 45.3 Å². The van der Waals surface area contributed by atoms with Crippen LogP contribution in [0.25, 0.3) is 0 Å². The topological polar surface area (TPSA) is 77.8 Å². The highest BCUT2D eigenvalue weighted by molar-refractivity contribution is 5.65. The zero-order valence-corrected chi connectivity index (χ0v) is 21.8. The van der Waals surface area contributed by atoms with Crippen LogP contribution in [0.2, 0.25) is 0 Å². The molecular weight excluding hydrogens is 412 g/mol. The van der Waals surface area contributed by atoms with Crippen LogP contribution >= 0.6 is 0 Å². The predicted octanol–water partition coefficient (Wildman–Crippen LogP) is 5.07. The van der Waals surface area contributed by atoms with Crippen LogP contribution in [0, 0.1) is 45.3 Å². The first-order valence-electron chi connectivity index (χ1n) is 13.1. The Labute approximate surface area is 200 Å². The number of aliphatic hydroxyl groups excluding tert-OH is 3. The number of hydrogen-bond acceptors (Lipinski definition) is 4. The molecule has 0 radical (unpaired) electrons. The number of rotatable bonds is 4. The van der Waals surface area contributed by atoms with E-state index in [1.807, 2.05) is 26.0 Å². The highest BCUT2D eigenvalue weighted by Gasteiger charge is 2.70. The first-order chi connectivity index (χ1) is 15.3. The normalized spacial score (nSPS) is 47.9. The van der Waals surface area contributed by atoms with E-state index in [0.29, 0.717) is 12.3 Å². The van der Waals surface area contributed by atoms with E-state index in [2.05, 4.69) is 34.6 Å². The Morgan fingerprint density at radius 1 is 1.03 bits per heavy atom. The number of carbonyl (C=O) groups is 1. The molecule has 4 nitrogen and oxygen atoms in total. The molecule has 33 heavy (non-hydrogen) atoms. The van der Waals surface area contributed by atoms with E-state index in [9.17, 15) is 20.1 Å². The fraction of sp³-hybridized carbons (Fsp3) is 0.828. The molecule has 186 valence electrons. The van der Waals surface area contributed by atoms with Gasteiger partial charge in [-0.25, -0.2) is 0 Å². The highest BCUT2D eigenvalue weighted by Crippen LogP contribution is 2.74. The van der Waals surface area contributed by atoms with Gasteiger partial charge in [0.05, 0.1) is 18.3 Å². The molecule has 4 heteroatoms. The van der Waals surface area contributed by atoms with Crippen LogP contribution in [0.3, 0.4) is 0 Å². The summed E-state index contributed by atoms with van der Waals surface area (Å²) in [6.07, 6.45) is 8.82. The van der Waals surface area contributed by atoms with Gasteiger partial charge in [0, 0.05) is 16.7 Å². The maximum Gasteiger partial charge on any atom is 0.127 e. The Morgan fingerprint density at radius 2 is 1.70 bits per heavy atom.